The van der Waals surface area contributed by atoms with Crippen molar-refractivity contribution in [1.29, 1.82) is 0 Å². The molecule has 0 heterocycles. The van der Waals surface area contributed by atoms with Gasteiger partial charge in [-0.1, -0.05) is 0 Å². The van der Waals surface area contributed by atoms with Crippen molar-refractivity contribution >= 4 is 18.4 Å². The van der Waals surface area contributed by atoms with E-state index >= 15 is 0 Å². The van der Waals surface area contributed by atoms with Crippen LogP contribution in [0.3, 0.4) is 0 Å². The van der Waals surface area contributed by atoms with Crippen LogP contribution in [0.15, 0.2) is 0 Å². The standard InChI is InChI=1S/C6H13NO3.ClH/c1-2-10-6(9)3-5(7)4-8;/h5,8H,2-4,7H2,1H3;1H. The molecule has 0 spiro atoms. The Bertz CT molecular complexity index is 110. The molecule has 0 aliphatic heterocycles. The summed E-state index contributed by atoms with van der Waals surface area (Å²) < 4.78 is 4.58. The van der Waals surface area contributed by atoms with Crippen LogP contribution in [0, 0.1) is 0 Å². The molecule has 0 aliphatic rings. The Morgan fingerprint density at radius 3 is 2.64 bits per heavy atom. The average molecular weight is 184 g/mol. The normalized spacial score (nSPS) is 11.5. The highest BCUT2D eigenvalue weighted by atomic mass is 35.5. The van der Waals surface area contributed by atoms with Crippen LogP contribution < -0.4 is 5.73 Å². The van der Waals surface area contributed by atoms with E-state index < -0.39 is 6.04 Å². The lowest BCUT2D eigenvalue weighted by molar-refractivity contribution is -0.143. The van der Waals surface area contributed by atoms with Gasteiger partial charge in [-0.2, -0.15) is 0 Å². The topological polar surface area (TPSA) is 72.5 Å². The molecule has 0 saturated carbocycles. The van der Waals surface area contributed by atoms with Gasteiger partial charge in [0.1, 0.15) is 0 Å². The predicted octanol–water partition coefficient (Wildman–Crippen LogP) is -0.319. The van der Waals surface area contributed by atoms with Crippen LogP contribution in [0.4, 0.5) is 0 Å². The van der Waals surface area contributed by atoms with E-state index in [1.807, 2.05) is 0 Å². The van der Waals surface area contributed by atoms with Crippen molar-refractivity contribution < 1.29 is 14.6 Å². The first kappa shape index (κ1) is 13.3. The zero-order valence-electron chi connectivity index (χ0n) is 6.45. The molecule has 0 aliphatic carbocycles. The summed E-state index contributed by atoms with van der Waals surface area (Å²) in [7, 11) is 0. The fourth-order valence-electron chi connectivity index (χ4n) is 0.499. The first-order chi connectivity index (χ1) is 4.70. The molecule has 3 N–H and O–H groups in total. The quantitative estimate of drug-likeness (QED) is 0.586. The van der Waals surface area contributed by atoms with E-state index in [0.29, 0.717) is 6.61 Å². The van der Waals surface area contributed by atoms with Gasteiger partial charge in [0.15, 0.2) is 0 Å². The van der Waals surface area contributed by atoms with Crippen molar-refractivity contribution in [1.82, 2.24) is 0 Å². The van der Waals surface area contributed by atoms with Crippen LogP contribution in [0.25, 0.3) is 0 Å². The number of esters is 1. The summed E-state index contributed by atoms with van der Waals surface area (Å²) in [6.45, 7) is 1.90. The van der Waals surface area contributed by atoms with Crippen LogP contribution in [0.2, 0.25) is 0 Å². The Morgan fingerprint density at radius 2 is 2.27 bits per heavy atom. The maximum atomic E-state index is 10.6. The van der Waals surface area contributed by atoms with Crippen molar-refractivity contribution in [2.24, 2.45) is 5.73 Å². The number of ether oxygens (including phenoxy) is 1. The summed E-state index contributed by atoms with van der Waals surface area (Å²) in [4.78, 5) is 10.6. The van der Waals surface area contributed by atoms with Gasteiger partial charge in [0.2, 0.25) is 0 Å². The Labute approximate surface area is 72.1 Å². The van der Waals surface area contributed by atoms with Gasteiger partial charge in [0.05, 0.1) is 19.6 Å². The number of halogens is 1. The van der Waals surface area contributed by atoms with Crippen molar-refractivity contribution in [3.8, 4) is 0 Å². The van der Waals surface area contributed by atoms with E-state index in [9.17, 15) is 4.79 Å². The summed E-state index contributed by atoms with van der Waals surface area (Å²) in [6.07, 6.45) is 0.0876. The SMILES string of the molecule is CCOC(=O)CC(N)CO.Cl. The van der Waals surface area contributed by atoms with Crippen molar-refractivity contribution in [2.45, 2.75) is 19.4 Å². The third kappa shape index (κ3) is 7.58. The zero-order chi connectivity index (χ0) is 7.98. The number of nitrogens with two attached hydrogens (primary N) is 1. The molecule has 0 bridgehead atoms. The van der Waals surface area contributed by atoms with Gasteiger partial charge in [0, 0.05) is 6.04 Å². The molecular formula is C6H14ClNO3. The molecule has 0 fully saturated rings. The number of hydrogen-bond acceptors (Lipinski definition) is 4. The Kier molecular flexibility index (Phi) is 9.40. The van der Waals surface area contributed by atoms with E-state index in [-0.39, 0.29) is 31.4 Å². The van der Waals surface area contributed by atoms with Crippen molar-refractivity contribution in [3.05, 3.63) is 0 Å². The van der Waals surface area contributed by atoms with Crippen LogP contribution >= 0.6 is 12.4 Å². The molecule has 0 aromatic heterocycles. The van der Waals surface area contributed by atoms with Crippen molar-refractivity contribution in [3.63, 3.8) is 0 Å². The average Bonchev–Trinajstić information content (AvgIpc) is 1.88. The lowest BCUT2D eigenvalue weighted by Crippen LogP contribution is -2.28. The molecule has 0 aromatic rings. The molecule has 11 heavy (non-hydrogen) atoms. The Morgan fingerprint density at radius 1 is 1.73 bits per heavy atom. The summed E-state index contributed by atoms with van der Waals surface area (Å²) in [6, 6.07) is -0.487. The summed E-state index contributed by atoms with van der Waals surface area (Å²) >= 11 is 0. The summed E-state index contributed by atoms with van der Waals surface area (Å²) in [5, 5.41) is 8.42. The largest absolute Gasteiger partial charge is 0.466 e. The van der Waals surface area contributed by atoms with Gasteiger partial charge in [-0.15, -0.1) is 12.4 Å². The molecule has 0 saturated heterocycles. The zero-order valence-corrected chi connectivity index (χ0v) is 7.26. The second kappa shape index (κ2) is 7.78. The predicted molar refractivity (Wildman–Crippen MR) is 43.6 cm³/mol. The van der Waals surface area contributed by atoms with Gasteiger partial charge in [-0.05, 0) is 6.92 Å². The van der Waals surface area contributed by atoms with Crippen LogP contribution in [0.1, 0.15) is 13.3 Å². The minimum absolute atomic E-state index is 0. The van der Waals surface area contributed by atoms with Gasteiger partial charge in [-0.25, -0.2) is 0 Å². The number of aliphatic hydroxyl groups is 1. The number of hydrogen-bond donors (Lipinski definition) is 2. The fourth-order valence-corrected chi connectivity index (χ4v) is 0.499. The monoisotopic (exact) mass is 183 g/mol. The van der Waals surface area contributed by atoms with Crippen LogP contribution in [-0.4, -0.2) is 30.3 Å². The van der Waals surface area contributed by atoms with E-state index in [0.717, 1.165) is 0 Å². The highest BCUT2D eigenvalue weighted by Gasteiger charge is 2.07. The summed E-state index contributed by atoms with van der Waals surface area (Å²) in [5.41, 5.74) is 5.25. The molecule has 4 nitrogen and oxygen atoms in total. The highest BCUT2D eigenvalue weighted by Crippen LogP contribution is 1.89. The van der Waals surface area contributed by atoms with E-state index in [2.05, 4.69) is 4.74 Å². The molecule has 0 aromatic carbocycles. The first-order valence-electron chi connectivity index (χ1n) is 3.22. The minimum Gasteiger partial charge on any atom is -0.466 e. The molecule has 0 rings (SSSR count). The maximum absolute atomic E-state index is 10.6. The third-order valence-electron chi connectivity index (χ3n) is 0.969. The number of aliphatic hydroxyl groups excluding tert-OH is 1. The number of carbonyl (C=O) groups excluding carboxylic acids is 1. The second-order valence-corrected chi connectivity index (χ2v) is 1.95. The lowest BCUT2D eigenvalue weighted by Gasteiger charge is -2.05. The van der Waals surface area contributed by atoms with E-state index in [1.54, 1.807) is 6.92 Å². The van der Waals surface area contributed by atoms with Crippen LogP contribution in [0.5, 0.6) is 0 Å². The maximum Gasteiger partial charge on any atom is 0.307 e. The molecule has 5 heteroatoms. The molecule has 0 amide bonds. The van der Waals surface area contributed by atoms with Crippen molar-refractivity contribution in [2.75, 3.05) is 13.2 Å². The molecule has 1 atom stereocenters. The number of carbonyl (C=O) groups is 1. The Hall–Kier alpha value is -0.320. The Balaban J connectivity index is 0. The molecular weight excluding hydrogens is 170 g/mol. The van der Waals surface area contributed by atoms with E-state index in [4.69, 9.17) is 10.8 Å². The molecule has 1 unspecified atom stereocenters. The van der Waals surface area contributed by atoms with E-state index in [1.165, 1.54) is 0 Å². The lowest BCUT2D eigenvalue weighted by atomic mass is 10.2. The van der Waals surface area contributed by atoms with Gasteiger partial charge >= 0.3 is 5.97 Å². The second-order valence-electron chi connectivity index (χ2n) is 1.95. The highest BCUT2D eigenvalue weighted by molar-refractivity contribution is 5.85. The molecule has 68 valence electrons. The minimum atomic E-state index is -0.487. The van der Waals surface area contributed by atoms with Gasteiger partial charge in [-0.3, -0.25) is 4.79 Å². The van der Waals surface area contributed by atoms with Crippen LogP contribution in [-0.2, 0) is 9.53 Å². The first-order valence-corrected chi connectivity index (χ1v) is 3.22. The summed E-state index contributed by atoms with van der Waals surface area (Å²) in [5.74, 6) is -0.357. The fraction of sp³-hybridized carbons (Fsp3) is 0.833. The van der Waals surface area contributed by atoms with Gasteiger partial charge in [0.25, 0.3) is 0 Å². The molecule has 0 radical (unpaired) electrons. The number of rotatable bonds is 4. The third-order valence-corrected chi connectivity index (χ3v) is 0.969. The smallest absolute Gasteiger partial charge is 0.307 e. The van der Waals surface area contributed by atoms with Gasteiger partial charge < -0.3 is 15.6 Å².